The normalized spacial score (nSPS) is 12.6. The van der Waals surface area contributed by atoms with Crippen LogP contribution in [0.2, 0.25) is 0 Å². The van der Waals surface area contributed by atoms with Crippen LogP contribution in [0.4, 0.5) is 4.39 Å². The lowest BCUT2D eigenvalue weighted by Gasteiger charge is -2.15. The minimum absolute atomic E-state index is 0.0312. The van der Waals surface area contributed by atoms with Gasteiger partial charge in [0.2, 0.25) is 0 Å². The lowest BCUT2D eigenvalue weighted by molar-refractivity contribution is 0.518. The maximum absolute atomic E-state index is 13.5. The van der Waals surface area contributed by atoms with Gasteiger partial charge in [-0.3, -0.25) is 11.3 Å². The second-order valence-corrected chi connectivity index (χ2v) is 6.10. The van der Waals surface area contributed by atoms with Gasteiger partial charge in [-0.15, -0.1) is 11.3 Å². The number of hydrogen-bond acceptors (Lipinski definition) is 4. The lowest BCUT2D eigenvalue weighted by Crippen LogP contribution is -2.38. The van der Waals surface area contributed by atoms with E-state index in [-0.39, 0.29) is 11.9 Å². The van der Waals surface area contributed by atoms with Crippen LogP contribution in [0.3, 0.4) is 0 Å². The van der Waals surface area contributed by atoms with Crippen molar-refractivity contribution in [3.63, 3.8) is 0 Å². The van der Waals surface area contributed by atoms with E-state index < -0.39 is 0 Å². The Morgan fingerprint density at radius 3 is 2.89 bits per heavy atom. The minimum Gasteiger partial charge on any atom is -0.271 e. The Labute approximate surface area is 124 Å². The van der Waals surface area contributed by atoms with Crippen molar-refractivity contribution in [1.29, 1.82) is 0 Å². The Morgan fingerprint density at radius 2 is 2.26 bits per heavy atom. The van der Waals surface area contributed by atoms with Crippen molar-refractivity contribution in [2.24, 2.45) is 5.84 Å². The molecule has 0 saturated heterocycles. The van der Waals surface area contributed by atoms with Gasteiger partial charge in [-0.1, -0.05) is 12.1 Å². The van der Waals surface area contributed by atoms with Crippen LogP contribution >= 0.6 is 27.3 Å². The van der Waals surface area contributed by atoms with E-state index in [2.05, 4.69) is 26.3 Å². The minimum atomic E-state index is -0.252. The molecule has 0 radical (unpaired) electrons. The predicted octanol–water partition coefficient (Wildman–Crippen LogP) is 2.97. The summed E-state index contributed by atoms with van der Waals surface area (Å²) in [6.07, 6.45) is 1.38. The second kappa shape index (κ2) is 6.56. The van der Waals surface area contributed by atoms with Crippen molar-refractivity contribution >= 4 is 27.3 Å². The number of hydrazine groups is 1. The Hall–Kier alpha value is -0.820. The largest absolute Gasteiger partial charge is 0.271 e. The van der Waals surface area contributed by atoms with Gasteiger partial charge in [0.05, 0.1) is 9.48 Å². The molecule has 0 aliphatic rings. The van der Waals surface area contributed by atoms with E-state index in [0.29, 0.717) is 10.9 Å². The van der Waals surface area contributed by atoms with Crippen LogP contribution < -0.4 is 11.3 Å². The second-order valence-electron chi connectivity index (χ2n) is 4.37. The Kier molecular flexibility index (Phi) is 5.04. The van der Waals surface area contributed by atoms with E-state index in [0.717, 1.165) is 22.7 Å². The van der Waals surface area contributed by atoms with Crippen molar-refractivity contribution < 1.29 is 4.39 Å². The molecule has 0 amide bonds. The van der Waals surface area contributed by atoms with E-state index in [1.807, 2.05) is 18.4 Å². The molecule has 0 bridgehead atoms. The smallest absolute Gasteiger partial charge is 0.137 e. The molecule has 1 aromatic carbocycles. The van der Waals surface area contributed by atoms with E-state index in [1.54, 1.807) is 17.4 Å². The van der Waals surface area contributed by atoms with Crippen LogP contribution in [0, 0.1) is 12.7 Å². The van der Waals surface area contributed by atoms with Gasteiger partial charge in [-0.25, -0.2) is 9.37 Å². The average molecular weight is 344 g/mol. The number of aryl methyl sites for hydroxylation is 1. The van der Waals surface area contributed by atoms with Crippen molar-refractivity contribution in [1.82, 2.24) is 10.4 Å². The summed E-state index contributed by atoms with van der Waals surface area (Å²) in [4.78, 5) is 4.42. The van der Waals surface area contributed by atoms with E-state index in [1.165, 1.54) is 6.07 Å². The first-order chi connectivity index (χ1) is 9.10. The topological polar surface area (TPSA) is 50.9 Å². The molecule has 1 atom stereocenters. The van der Waals surface area contributed by atoms with Crippen LogP contribution in [0.15, 0.2) is 28.1 Å². The van der Waals surface area contributed by atoms with Crippen molar-refractivity contribution in [3.8, 4) is 0 Å². The van der Waals surface area contributed by atoms with Gasteiger partial charge in [-0.2, -0.15) is 0 Å². The summed E-state index contributed by atoms with van der Waals surface area (Å²) in [7, 11) is 0. The SMILES string of the molecule is Cc1csc(CC(Cc2cccc(F)c2Br)NN)n1. The van der Waals surface area contributed by atoms with Gasteiger partial charge < -0.3 is 0 Å². The first-order valence-electron chi connectivity index (χ1n) is 5.90. The third-order valence-corrected chi connectivity index (χ3v) is 4.70. The number of halogens is 2. The fraction of sp³-hybridized carbons (Fsp3) is 0.308. The Morgan fingerprint density at radius 1 is 1.47 bits per heavy atom. The molecule has 1 unspecified atom stereocenters. The standard InChI is InChI=1S/C13H15BrFN3S/c1-8-7-19-12(17-8)6-10(18-16)5-9-3-2-4-11(15)13(9)14/h2-4,7,10,18H,5-6,16H2,1H3. The number of rotatable bonds is 5. The molecule has 2 rings (SSSR count). The number of hydrogen-bond donors (Lipinski definition) is 2. The summed E-state index contributed by atoms with van der Waals surface area (Å²) in [5, 5.41) is 3.05. The molecule has 2 aromatic rings. The Bertz CT molecular complexity index is 559. The first kappa shape index (κ1) is 14.6. The third kappa shape index (κ3) is 3.82. The molecule has 19 heavy (non-hydrogen) atoms. The predicted molar refractivity (Wildman–Crippen MR) is 79.5 cm³/mol. The van der Waals surface area contributed by atoms with Crippen LogP contribution in [0.25, 0.3) is 0 Å². The van der Waals surface area contributed by atoms with Gasteiger partial charge in [0.25, 0.3) is 0 Å². The molecule has 102 valence electrons. The van der Waals surface area contributed by atoms with E-state index in [4.69, 9.17) is 5.84 Å². The lowest BCUT2D eigenvalue weighted by atomic mass is 10.0. The molecule has 0 aliphatic heterocycles. The molecular weight excluding hydrogens is 329 g/mol. The first-order valence-corrected chi connectivity index (χ1v) is 7.57. The molecule has 6 heteroatoms. The molecule has 1 heterocycles. The molecular formula is C13H15BrFN3S. The zero-order chi connectivity index (χ0) is 13.8. The van der Waals surface area contributed by atoms with E-state index >= 15 is 0 Å². The van der Waals surface area contributed by atoms with Crippen LogP contribution in [0.1, 0.15) is 16.3 Å². The number of nitrogens with zero attached hydrogens (tertiary/aromatic N) is 1. The van der Waals surface area contributed by atoms with E-state index in [9.17, 15) is 4.39 Å². The number of thiazole rings is 1. The summed E-state index contributed by atoms with van der Waals surface area (Å²) in [6.45, 7) is 1.97. The zero-order valence-corrected chi connectivity index (χ0v) is 12.9. The van der Waals surface area contributed by atoms with Crippen LogP contribution in [-0.2, 0) is 12.8 Å². The summed E-state index contributed by atoms with van der Waals surface area (Å²) in [5.41, 5.74) is 4.69. The molecule has 3 nitrogen and oxygen atoms in total. The number of aromatic nitrogens is 1. The Balaban J connectivity index is 2.08. The quantitative estimate of drug-likeness (QED) is 0.648. The van der Waals surface area contributed by atoms with Crippen molar-refractivity contribution in [2.45, 2.75) is 25.8 Å². The highest BCUT2D eigenvalue weighted by molar-refractivity contribution is 9.10. The van der Waals surface area contributed by atoms with Crippen molar-refractivity contribution in [3.05, 3.63) is 50.1 Å². The van der Waals surface area contributed by atoms with Gasteiger partial charge in [-0.05, 0) is 40.9 Å². The zero-order valence-electron chi connectivity index (χ0n) is 10.5. The van der Waals surface area contributed by atoms with Crippen molar-refractivity contribution in [2.75, 3.05) is 0 Å². The summed E-state index contributed by atoms with van der Waals surface area (Å²) < 4.78 is 14.0. The summed E-state index contributed by atoms with van der Waals surface area (Å²) in [5.74, 6) is 5.33. The number of benzene rings is 1. The van der Waals surface area contributed by atoms with Gasteiger partial charge in [0.15, 0.2) is 0 Å². The highest BCUT2D eigenvalue weighted by Gasteiger charge is 2.14. The van der Waals surface area contributed by atoms with Gasteiger partial charge in [0.1, 0.15) is 5.82 Å². The highest BCUT2D eigenvalue weighted by Crippen LogP contribution is 2.22. The van der Waals surface area contributed by atoms with Crippen LogP contribution in [-0.4, -0.2) is 11.0 Å². The molecule has 1 aromatic heterocycles. The van der Waals surface area contributed by atoms with Gasteiger partial charge in [0, 0.05) is 23.5 Å². The monoisotopic (exact) mass is 343 g/mol. The summed E-state index contributed by atoms with van der Waals surface area (Å²) in [6, 6.07) is 5.06. The fourth-order valence-corrected chi connectivity index (χ4v) is 3.15. The molecule has 0 spiro atoms. The third-order valence-electron chi connectivity index (χ3n) is 2.82. The molecule has 0 fully saturated rings. The molecule has 0 aliphatic carbocycles. The molecule has 0 saturated carbocycles. The maximum Gasteiger partial charge on any atom is 0.137 e. The summed E-state index contributed by atoms with van der Waals surface area (Å²) >= 11 is 4.89. The average Bonchev–Trinajstić information content (AvgIpc) is 2.79. The molecule has 3 N–H and O–H groups in total. The number of nitrogens with one attached hydrogen (secondary N) is 1. The fourth-order valence-electron chi connectivity index (χ4n) is 1.87. The van der Waals surface area contributed by atoms with Gasteiger partial charge >= 0.3 is 0 Å². The van der Waals surface area contributed by atoms with Crippen LogP contribution in [0.5, 0.6) is 0 Å². The number of nitrogens with two attached hydrogens (primary N) is 1. The highest BCUT2D eigenvalue weighted by atomic mass is 79.9. The maximum atomic E-state index is 13.5.